The Morgan fingerprint density at radius 2 is 1.12 bits per heavy atom. The normalized spacial score (nSPS) is 12.6. The molecule has 0 fully saturated rings. The minimum absolute atomic E-state index is 0.167. The Morgan fingerprint density at radius 3 is 1.58 bits per heavy atom. The molecular weight excluding hydrogens is 759 g/mol. The molecule has 1 aliphatic carbocycles. The summed E-state index contributed by atoms with van der Waals surface area (Å²) in [4.78, 5) is 0. The molecule has 0 saturated heterocycles. The first kappa shape index (κ1) is 38.0. The molecule has 0 aromatic heterocycles. The monoisotopic (exact) mass is 816 g/mol. The summed E-state index contributed by atoms with van der Waals surface area (Å²) in [5.41, 5.74) is 13.1. The quantitative estimate of drug-likeness (QED) is 0.123. The summed E-state index contributed by atoms with van der Waals surface area (Å²) in [5.74, 6) is 0. The molecule has 0 amide bonds. The van der Waals surface area contributed by atoms with Gasteiger partial charge in [-0.2, -0.15) is 42.0 Å². The summed E-state index contributed by atoms with van der Waals surface area (Å²) >= 11 is 1.07. The molecule has 0 heterocycles. The van der Waals surface area contributed by atoms with Crippen molar-refractivity contribution in [3.8, 4) is 11.1 Å². The molecule has 0 bridgehead atoms. The van der Waals surface area contributed by atoms with Gasteiger partial charge in [0.15, 0.2) is 0 Å². The van der Waals surface area contributed by atoms with Crippen LogP contribution in [-0.2, 0) is 46.6 Å². The second-order valence-corrected chi connectivity index (χ2v) is 24.2. The van der Waals surface area contributed by atoms with E-state index in [1.807, 2.05) is 30.3 Å². The van der Waals surface area contributed by atoms with Crippen LogP contribution in [0.25, 0.3) is 11.1 Å². The summed E-state index contributed by atoms with van der Waals surface area (Å²) in [7, 11) is -1.20. The van der Waals surface area contributed by atoms with Crippen LogP contribution in [0.5, 0.6) is 0 Å². The molecule has 0 radical (unpaired) electrons. The third-order valence-corrected chi connectivity index (χ3v) is 13.2. The van der Waals surface area contributed by atoms with Gasteiger partial charge in [0.2, 0.25) is 0 Å². The number of hydrogen-bond acceptors (Lipinski definition) is 0. The maximum absolute atomic E-state index is 3.67. The standard InChI is InChI=1S/C21H25.C20H26Si.C5H5.Hf/c1-20(2,3)16-7-9-18-14(12-16)11-15-13-17(21(4,5)6)8-10-19(15)18;1-20(2,3)18-11-7-16(8-12-18)15-17-9-13-19(14-10-17)21(4,5)6;1-2-4-5-3-1;/h7-10,12H,11H2,1-6H3;7-14H,1-6H3;1-5H;/q-1;;-1;+2. The van der Waals surface area contributed by atoms with Crippen molar-refractivity contribution in [3.63, 3.8) is 0 Å². The molecular formula is C46H56HfSi. The Morgan fingerprint density at radius 1 is 0.625 bits per heavy atom. The third-order valence-electron chi connectivity index (χ3n) is 9.10. The summed E-state index contributed by atoms with van der Waals surface area (Å²) in [6, 6.07) is 43.6. The zero-order valence-corrected chi connectivity index (χ0v) is 36.2. The van der Waals surface area contributed by atoms with Crippen molar-refractivity contribution in [1.82, 2.24) is 0 Å². The molecule has 6 rings (SSSR count). The van der Waals surface area contributed by atoms with E-state index in [1.54, 1.807) is 0 Å². The molecule has 0 nitrogen and oxygen atoms in total. The van der Waals surface area contributed by atoms with E-state index >= 15 is 0 Å². The largest absolute Gasteiger partial charge is 0.214 e. The molecule has 1 aliphatic rings. The van der Waals surface area contributed by atoms with Crippen LogP contribution < -0.4 is 5.19 Å². The molecule has 2 heteroatoms. The van der Waals surface area contributed by atoms with Gasteiger partial charge in [-0.1, -0.05) is 65.3 Å². The SMILES string of the molecule is CC(C)(C)c1[c-]c2c(cc1)-c1ccc(C(C)(C)C)cc1C2.CC(C)(C)c1ccc([C](=[Hf+2])c2ccc([Si](C)(C)C)cc2)cc1.c1cc[cH-]c1. The van der Waals surface area contributed by atoms with Gasteiger partial charge in [0.1, 0.15) is 0 Å². The van der Waals surface area contributed by atoms with Gasteiger partial charge < -0.3 is 0 Å². The minimum Gasteiger partial charge on any atom is -0.214 e. The Hall–Kier alpha value is -2.81. The van der Waals surface area contributed by atoms with Gasteiger partial charge in [0.25, 0.3) is 0 Å². The van der Waals surface area contributed by atoms with Crippen molar-refractivity contribution in [1.29, 1.82) is 0 Å². The van der Waals surface area contributed by atoms with Crippen LogP contribution in [0.1, 0.15) is 101 Å². The van der Waals surface area contributed by atoms with Crippen LogP contribution in [0.15, 0.2) is 109 Å². The van der Waals surface area contributed by atoms with Crippen molar-refractivity contribution in [2.75, 3.05) is 0 Å². The van der Waals surface area contributed by atoms with E-state index in [1.165, 1.54) is 58.5 Å². The fraction of sp³-hybridized carbons (Fsp3) is 0.348. The maximum Gasteiger partial charge on any atom is -0.172 e. The van der Waals surface area contributed by atoms with Crippen LogP contribution in [0.2, 0.25) is 19.6 Å². The first-order valence-corrected chi connectivity index (χ1v) is 22.7. The van der Waals surface area contributed by atoms with Gasteiger partial charge in [-0.3, -0.25) is 0 Å². The molecule has 48 heavy (non-hydrogen) atoms. The summed E-state index contributed by atoms with van der Waals surface area (Å²) in [6.45, 7) is 27.6. The Bertz CT molecular complexity index is 1650. The van der Waals surface area contributed by atoms with Gasteiger partial charge in [0.05, 0.1) is 0 Å². The van der Waals surface area contributed by atoms with E-state index in [2.05, 4.69) is 167 Å². The molecule has 5 aromatic rings. The second kappa shape index (κ2) is 15.0. The van der Waals surface area contributed by atoms with Crippen molar-refractivity contribution in [2.45, 2.75) is 105 Å². The number of rotatable bonds is 3. The van der Waals surface area contributed by atoms with Gasteiger partial charge >= 0.3 is 151 Å². The second-order valence-electron chi connectivity index (χ2n) is 17.3. The fourth-order valence-corrected chi connectivity index (χ4v) is 8.15. The van der Waals surface area contributed by atoms with Gasteiger partial charge in [0, 0.05) is 0 Å². The average Bonchev–Trinajstić information content (AvgIpc) is 3.71. The predicted molar refractivity (Wildman–Crippen MR) is 211 cm³/mol. The first-order valence-electron chi connectivity index (χ1n) is 17.4. The summed E-state index contributed by atoms with van der Waals surface area (Å²) in [6.07, 6.45) is 1.03. The van der Waals surface area contributed by atoms with Crippen LogP contribution >= 0.6 is 0 Å². The van der Waals surface area contributed by atoms with Crippen LogP contribution in [-0.4, -0.2) is 11.3 Å². The van der Waals surface area contributed by atoms with E-state index in [0.717, 1.165) is 30.3 Å². The molecule has 0 aliphatic heterocycles. The predicted octanol–water partition coefficient (Wildman–Crippen LogP) is 11.7. The molecule has 5 aromatic carbocycles. The van der Waals surface area contributed by atoms with Crippen LogP contribution in [0.3, 0.4) is 0 Å². The average molecular weight is 816 g/mol. The zero-order valence-electron chi connectivity index (χ0n) is 31.6. The topological polar surface area (TPSA) is 0 Å². The van der Waals surface area contributed by atoms with Crippen LogP contribution in [0.4, 0.5) is 0 Å². The molecule has 0 saturated carbocycles. The Labute approximate surface area is 308 Å². The van der Waals surface area contributed by atoms with Crippen molar-refractivity contribution < 1.29 is 23.9 Å². The molecule has 0 spiro atoms. The maximum atomic E-state index is 3.67. The van der Waals surface area contributed by atoms with E-state index in [-0.39, 0.29) is 16.2 Å². The zero-order chi connectivity index (χ0) is 35.5. The van der Waals surface area contributed by atoms with E-state index in [4.69, 9.17) is 0 Å². The third kappa shape index (κ3) is 9.88. The van der Waals surface area contributed by atoms with Gasteiger partial charge in [-0.05, 0) is 28.4 Å². The first-order chi connectivity index (χ1) is 22.2. The van der Waals surface area contributed by atoms with Gasteiger partial charge in [-0.15, -0.1) is 11.1 Å². The molecule has 0 N–H and O–H groups in total. The Balaban J connectivity index is 0.000000189. The summed E-state index contributed by atoms with van der Waals surface area (Å²) in [5, 5.41) is 1.54. The molecule has 0 atom stereocenters. The minimum atomic E-state index is -1.20. The van der Waals surface area contributed by atoms with Crippen molar-refractivity contribution in [2.24, 2.45) is 0 Å². The van der Waals surface area contributed by atoms with Crippen molar-refractivity contribution >= 4 is 16.5 Å². The van der Waals surface area contributed by atoms with Crippen LogP contribution in [0, 0.1) is 6.07 Å². The van der Waals surface area contributed by atoms with Crippen molar-refractivity contribution in [3.05, 3.63) is 154 Å². The van der Waals surface area contributed by atoms with E-state index in [0.29, 0.717) is 0 Å². The molecule has 0 unspecified atom stereocenters. The summed E-state index contributed by atoms with van der Waals surface area (Å²) < 4.78 is 1.49. The number of fused-ring (bicyclic) bond motifs is 3. The molecule has 248 valence electrons. The van der Waals surface area contributed by atoms with E-state index < -0.39 is 8.07 Å². The fourth-order valence-electron chi connectivity index (χ4n) is 5.79. The number of benzene rings is 4. The number of hydrogen-bond donors (Lipinski definition) is 0. The van der Waals surface area contributed by atoms with E-state index in [9.17, 15) is 0 Å². The van der Waals surface area contributed by atoms with Gasteiger partial charge in [-0.25, -0.2) is 12.1 Å². The smallest absolute Gasteiger partial charge is 0.172 e. The Kier molecular flexibility index (Phi) is 11.9.